The molecule has 0 fully saturated rings. The maximum absolute atomic E-state index is 8.41. The van der Waals surface area contributed by atoms with Crippen molar-refractivity contribution >= 4 is 0 Å². The number of nitrogens with zero attached hydrogens (tertiary/aromatic N) is 1. The topological polar surface area (TPSA) is 49.8 Å². The summed E-state index contributed by atoms with van der Waals surface area (Å²) < 4.78 is 0. The van der Waals surface area contributed by atoms with Crippen LogP contribution in [0.2, 0.25) is 0 Å². The number of nitriles is 1. The van der Waals surface area contributed by atoms with Gasteiger partial charge in [-0.1, -0.05) is 30.3 Å². The molecule has 50 valence electrons. The smallest absolute Gasteiger partial charge is 0.118 e. The summed E-state index contributed by atoms with van der Waals surface area (Å²) in [6.45, 7) is 0. The number of nitrogens with two attached hydrogens (primary N) is 1. The van der Waals surface area contributed by atoms with Gasteiger partial charge in [-0.25, -0.2) is 0 Å². The van der Waals surface area contributed by atoms with Gasteiger partial charge in [-0.15, -0.1) is 0 Å². The van der Waals surface area contributed by atoms with E-state index in [2.05, 4.69) is 0 Å². The Labute approximate surface area is 59.9 Å². The highest BCUT2D eigenvalue weighted by Crippen LogP contribution is 2.06. The zero-order chi connectivity index (χ0) is 7.40. The van der Waals surface area contributed by atoms with Crippen LogP contribution < -0.4 is 5.73 Å². The molecule has 1 aromatic carbocycles. The van der Waals surface area contributed by atoms with Crippen LogP contribution in [0.3, 0.4) is 0 Å². The molecule has 2 heteroatoms. The molecule has 0 saturated heterocycles. The van der Waals surface area contributed by atoms with E-state index in [0.717, 1.165) is 5.56 Å². The van der Waals surface area contributed by atoms with Gasteiger partial charge in [-0.2, -0.15) is 5.26 Å². The second-order valence-electron chi connectivity index (χ2n) is 2.02. The van der Waals surface area contributed by atoms with E-state index < -0.39 is 6.04 Å². The largest absolute Gasteiger partial charge is 0.312 e. The van der Waals surface area contributed by atoms with E-state index in [1.54, 1.807) is 0 Å². The van der Waals surface area contributed by atoms with Gasteiger partial charge < -0.3 is 5.73 Å². The SMILES string of the molecule is N#CC(N)c1ccccc1. The first-order valence-electron chi connectivity index (χ1n) is 3.04. The Morgan fingerprint density at radius 3 is 2.40 bits per heavy atom. The summed E-state index contributed by atoms with van der Waals surface area (Å²) in [5, 5.41) is 8.41. The monoisotopic (exact) mass is 132 g/mol. The molecule has 0 heterocycles. The third-order valence-corrected chi connectivity index (χ3v) is 1.30. The molecule has 0 aliphatic heterocycles. The Balaban J connectivity index is 2.88. The lowest BCUT2D eigenvalue weighted by Gasteiger charge is -1.99. The van der Waals surface area contributed by atoms with Crippen LogP contribution in [0.1, 0.15) is 11.6 Å². The van der Waals surface area contributed by atoms with Crippen LogP contribution in [-0.4, -0.2) is 0 Å². The summed E-state index contributed by atoms with van der Waals surface area (Å²) in [6.07, 6.45) is 0. The fraction of sp³-hybridized carbons (Fsp3) is 0.125. The van der Waals surface area contributed by atoms with Gasteiger partial charge in [-0.3, -0.25) is 0 Å². The van der Waals surface area contributed by atoms with Gasteiger partial charge in [0.25, 0.3) is 0 Å². The first kappa shape index (κ1) is 6.79. The molecule has 0 amide bonds. The zero-order valence-electron chi connectivity index (χ0n) is 5.49. The lowest BCUT2D eigenvalue weighted by molar-refractivity contribution is 0.926. The summed E-state index contributed by atoms with van der Waals surface area (Å²) >= 11 is 0. The Kier molecular flexibility index (Phi) is 2.03. The Bertz CT molecular complexity index is 235. The normalized spacial score (nSPS) is 12.0. The zero-order valence-corrected chi connectivity index (χ0v) is 5.49. The highest BCUT2D eigenvalue weighted by molar-refractivity contribution is 5.22. The molecule has 2 nitrogen and oxygen atoms in total. The molecule has 0 aromatic heterocycles. The van der Waals surface area contributed by atoms with Crippen LogP contribution in [0.4, 0.5) is 0 Å². The summed E-state index contributed by atoms with van der Waals surface area (Å²) in [5.41, 5.74) is 6.30. The Hall–Kier alpha value is -1.33. The van der Waals surface area contributed by atoms with E-state index in [-0.39, 0.29) is 0 Å². The third-order valence-electron chi connectivity index (χ3n) is 1.30. The van der Waals surface area contributed by atoms with E-state index in [9.17, 15) is 0 Å². The molecule has 0 bridgehead atoms. The van der Waals surface area contributed by atoms with Crippen LogP contribution in [0.5, 0.6) is 0 Å². The first-order valence-corrected chi connectivity index (χ1v) is 3.04. The lowest BCUT2D eigenvalue weighted by Crippen LogP contribution is -2.06. The van der Waals surface area contributed by atoms with Crippen molar-refractivity contribution in [3.63, 3.8) is 0 Å². The van der Waals surface area contributed by atoms with Crippen molar-refractivity contribution < 1.29 is 0 Å². The molecular weight excluding hydrogens is 124 g/mol. The minimum Gasteiger partial charge on any atom is -0.312 e. The van der Waals surface area contributed by atoms with Crippen LogP contribution in [0.25, 0.3) is 0 Å². The van der Waals surface area contributed by atoms with Gasteiger partial charge in [-0.05, 0) is 5.56 Å². The third kappa shape index (κ3) is 1.34. The molecule has 0 spiro atoms. The van der Waals surface area contributed by atoms with Crippen molar-refractivity contribution in [3.05, 3.63) is 35.9 Å². The lowest BCUT2D eigenvalue weighted by atomic mass is 10.1. The Morgan fingerprint density at radius 1 is 1.30 bits per heavy atom. The molecule has 1 atom stereocenters. The van der Waals surface area contributed by atoms with Crippen LogP contribution in [0.15, 0.2) is 30.3 Å². The molecular formula is C8H8N2. The molecule has 0 aliphatic carbocycles. The fourth-order valence-corrected chi connectivity index (χ4v) is 0.735. The van der Waals surface area contributed by atoms with E-state index in [4.69, 9.17) is 11.0 Å². The maximum Gasteiger partial charge on any atom is 0.118 e. The van der Waals surface area contributed by atoms with Crippen LogP contribution in [-0.2, 0) is 0 Å². The van der Waals surface area contributed by atoms with Crippen molar-refractivity contribution in [2.75, 3.05) is 0 Å². The summed E-state index contributed by atoms with van der Waals surface area (Å²) in [7, 11) is 0. The van der Waals surface area contributed by atoms with Gasteiger partial charge in [0.15, 0.2) is 0 Å². The standard InChI is InChI=1S/C8H8N2/c9-6-8(10)7-4-2-1-3-5-7/h1-5,8H,10H2. The number of benzene rings is 1. The summed E-state index contributed by atoms with van der Waals surface area (Å²) in [5.74, 6) is 0. The van der Waals surface area contributed by atoms with E-state index in [1.807, 2.05) is 36.4 Å². The molecule has 1 rings (SSSR count). The fourth-order valence-electron chi connectivity index (χ4n) is 0.735. The minimum absolute atomic E-state index is 0.485. The van der Waals surface area contributed by atoms with Crippen molar-refractivity contribution in [3.8, 4) is 6.07 Å². The highest BCUT2D eigenvalue weighted by atomic mass is 14.6. The predicted molar refractivity (Wildman–Crippen MR) is 39.0 cm³/mol. The quantitative estimate of drug-likeness (QED) is 0.624. The van der Waals surface area contributed by atoms with Gasteiger partial charge in [0.05, 0.1) is 6.07 Å². The van der Waals surface area contributed by atoms with Crippen molar-refractivity contribution in [2.45, 2.75) is 6.04 Å². The molecule has 2 N–H and O–H groups in total. The van der Waals surface area contributed by atoms with E-state index in [0.29, 0.717) is 0 Å². The van der Waals surface area contributed by atoms with Gasteiger partial charge in [0.1, 0.15) is 6.04 Å². The highest BCUT2D eigenvalue weighted by Gasteiger charge is 1.99. The Morgan fingerprint density at radius 2 is 1.90 bits per heavy atom. The number of hydrogen-bond donors (Lipinski definition) is 1. The van der Waals surface area contributed by atoms with E-state index >= 15 is 0 Å². The molecule has 1 unspecified atom stereocenters. The second kappa shape index (κ2) is 3.00. The summed E-state index contributed by atoms with van der Waals surface area (Å²) in [6, 6.07) is 10.8. The van der Waals surface area contributed by atoms with Crippen LogP contribution >= 0.6 is 0 Å². The maximum atomic E-state index is 8.41. The van der Waals surface area contributed by atoms with Crippen molar-refractivity contribution in [2.24, 2.45) is 5.73 Å². The average Bonchev–Trinajstić information content (AvgIpc) is 2.05. The van der Waals surface area contributed by atoms with Gasteiger partial charge >= 0.3 is 0 Å². The average molecular weight is 132 g/mol. The minimum atomic E-state index is -0.485. The molecule has 0 radical (unpaired) electrons. The van der Waals surface area contributed by atoms with E-state index in [1.165, 1.54) is 0 Å². The predicted octanol–water partition coefficient (Wildman–Crippen LogP) is 1.21. The molecule has 0 aliphatic rings. The molecule has 1 aromatic rings. The van der Waals surface area contributed by atoms with Gasteiger partial charge in [0, 0.05) is 0 Å². The van der Waals surface area contributed by atoms with Crippen LogP contribution in [0, 0.1) is 11.3 Å². The molecule has 0 saturated carbocycles. The van der Waals surface area contributed by atoms with Gasteiger partial charge in [0.2, 0.25) is 0 Å². The molecule has 10 heavy (non-hydrogen) atoms. The first-order chi connectivity index (χ1) is 4.84. The van der Waals surface area contributed by atoms with Crippen molar-refractivity contribution in [1.29, 1.82) is 5.26 Å². The second-order valence-corrected chi connectivity index (χ2v) is 2.02. The van der Waals surface area contributed by atoms with Crippen molar-refractivity contribution in [1.82, 2.24) is 0 Å². The number of rotatable bonds is 1. The number of hydrogen-bond acceptors (Lipinski definition) is 2. The summed E-state index contributed by atoms with van der Waals surface area (Å²) in [4.78, 5) is 0.